The summed E-state index contributed by atoms with van der Waals surface area (Å²) in [5.41, 5.74) is 4.07. The number of nitrogens with one attached hydrogen (secondary N) is 2. The van der Waals surface area contributed by atoms with Crippen LogP contribution in [0.1, 0.15) is 22.7 Å². The molecule has 0 bridgehead atoms. The number of hydrogen-bond acceptors (Lipinski definition) is 3. The van der Waals surface area contributed by atoms with Crippen molar-refractivity contribution in [3.8, 4) is 11.5 Å². The molecule has 0 aromatic heterocycles. The summed E-state index contributed by atoms with van der Waals surface area (Å²) in [5.74, 6) is 1.53. The molecule has 3 rings (SSSR count). The molecule has 0 spiro atoms. The van der Waals surface area contributed by atoms with Crippen molar-refractivity contribution >= 4 is 11.6 Å². The lowest BCUT2D eigenvalue weighted by molar-refractivity contribution is -0.117. The average Bonchev–Trinajstić information content (AvgIpc) is 2.78. The van der Waals surface area contributed by atoms with Gasteiger partial charge in [-0.3, -0.25) is 4.79 Å². The van der Waals surface area contributed by atoms with Crippen molar-refractivity contribution in [1.29, 1.82) is 0 Å². The zero-order valence-electron chi connectivity index (χ0n) is 12.4. The quantitative estimate of drug-likeness (QED) is 0.908. The van der Waals surface area contributed by atoms with E-state index in [0.717, 1.165) is 28.3 Å². The number of benzene rings is 2. The minimum Gasteiger partial charge on any atom is -0.457 e. The summed E-state index contributed by atoms with van der Waals surface area (Å²) in [6, 6.07) is 11.4. The van der Waals surface area contributed by atoms with Crippen LogP contribution in [-0.4, -0.2) is 13.0 Å². The molecule has 0 saturated heterocycles. The van der Waals surface area contributed by atoms with E-state index in [4.69, 9.17) is 4.74 Å². The molecule has 1 atom stereocenters. The predicted molar refractivity (Wildman–Crippen MR) is 82.9 cm³/mol. The van der Waals surface area contributed by atoms with Crippen LogP contribution in [0.4, 0.5) is 5.69 Å². The lowest BCUT2D eigenvalue weighted by Crippen LogP contribution is -2.23. The SMILES string of the molecule is CNC1C(=O)Nc2cc(Oc3cccc(C)c3C)ccc21. The molecule has 2 aromatic carbocycles. The van der Waals surface area contributed by atoms with Crippen molar-refractivity contribution < 1.29 is 9.53 Å². The molecule has 0 saturated carbocycles. The second-order valence-electron chi connectivity index (χ2n) is 5.26. The Balaban J connectivity index is 1.91. The van der Waals surface area contributed by atoms with Crippen LogP contribution in [0.3, 0.4) is 0 Å². The molecule has 4 heteroatoms. The zero-order valence-corrected chi connectivity index (χ0v) is 12.4. The number of hydrogen-bond donors (Lipinski definition) is 2. The maximum atomic E-state index is 11.8. The fourth-order valence-corrected chi connectivity index (χ4v) is 2.55. The molecule has 1 aliphatic heterocycles. The normalized spacial score (nSPS) is 16.5. The number of anilines is 1. The number of carbonyl (C=O) groups is 1. The number of likely N-dealkylation sites (N-methyl/N-ethyl adjacent to an activating group) is 1. The van der Waals surface area contributed by atoms with Gasteiger partial charge in [-0.25, -0.2) is 0 Å². The van der Waals surface area contributed by atoms with Crippen molar-refractivity contribution in [3.63, 3.8) is 0 Å². The summed E-state index contributed by atoms with van der Waals surface area (Å²) in [6.45, 7) is 4.10. The standard InChI is InChI=1S/C17H18N2O2/c1-10-5-4-6-15(11(10)2)21-12-7-8-13-14(9-12)19-17(20)16(13)18-3/h4-9,16,18H,1-3H3,(H,19,20). The third-order valence-electron chi connectivity index (χ3n) is 3.93. The molecule has 2 aromatic rings. The number of fused-ring (bicyclic) bond motifs is 1. The summed E-state index contributed by atoms with van der Waals surface area (Å²) >= 11 is 0. The van der Waals surface area contributed by atoms with Crippen molar-refractivity contribution in [2.75, 3.05) is 12.4 Å². The molecule has 0 radical (unpaired) electrons. The van der Waals surface area contributed by atoms with Crippen LogP contribution in [-0.2, 0) is 4.79 Å². The molecular weight excluding hydrogens is 264 g/mol. The van der Waals surface area contributed by atoms with Gasteiger partial charge in [-0.1, -0.05) is 18.2 Å². The van der Waals surface area contributed by atoms with Crippen LogP contribution >= 0.6 is 0 Å². The highest BCUT2D eigenvalue weighted by Gasteiger charge is 2.29. The van der Waals surface area contributed by atoms with Gasteiger partial charge in [-0.2, -0.15) is 0 Å². The topological polar surface area (TPSA) is 50.4 Å². The molecule has 1 unspecified atom stereocenters. The molecule has 1 aliphatic rings. The molecule has 1 amide bonds. The van der Waals surface area contributed by atoms with E-state index < -0.39 is 0 Å². The third-order valence-corrected chi connectivity index (χ3v) is 3.93. The minimum atomic E-state index is -0.283. The van der Waals surface area contributed by atoms with Crippen LogP contribution in [0.25, 0.3) is 0 Å². The Kier molecular flexibility index (Phi) is 3.39. The maximum Gasteiger partial charge on any atom is 0.246 e. The fourth-order valence-electron chi connectivity index (χ4n) is 2.55. The molecule has 1 heterocycles. The lowest BCUT2D eigenvalue weighted by atomic mass is 10.1. The van der Waals surface area contributed by atoms with E-state index in [1.54, 1.807) is 7.05 Å². The fraction of sp³-hybridized carbons (Fsp3) is 0.235. The first-order chi connectivity index (χ1) is 10.1. The Morgan fingerprint density at radius 2 is 2.00 bits per heavy atom. The predicted octanol–water partition coefficient (Wildman–Crippen LogP) is 3.31. The molecule has 4 nitrogen and oxygen atoms in total. The van der Waals surface area contributed by atoms with Crippen LogP contribution < -0.4 is 15.4 Å². The Hall–Kier alpha value is -2.33. The van der Waals surface area contributed by atoms with Crippen LogP contribution in [0.15, 0.2) is 36.4 Å². The third kappa shape index (κ3) is 2.38. The van der Waals surface area contributed by atoms with Gasteiger partial charge in [0.25, 0.3) is 0 Å². The van der Waals surface area contributed by atoms with Gasteiger partial charge < -0.3 is 15.4 Å². The Morgan fingerprint density at radius 1 is 1.19 bits per heavy atom. The second-order valence-corrected chi connectivity index (χ2v) is 5.26. The van der Waals surface area contributed by atoms with Gasteiger partial charge in [0.05, 0.1) is 0 Å². The van der Waals surface area contributed by atoms with Gasteiger partial charge >= 0.3 is 0 Å². The van der Waals surface area contributed by atoms with Gasteiger partial charge in [-0.15, -0.1) is 0 Å². The van der Waals surface area contributed by atoms with E-state index in [-0.39, 0.29) is 11.9 Å². The van der Waals surface area contributed by atoms with Crippen molar-refractivity contribution in [2.24, 2.45) is 0 Å². The van der Waals surface area contributed by atoms with Crippen molar-refractivity contribution in [1.82, 2.24) is 5.32 Å². The van der Waals surface area contributed by atoms with E-state index in [9.17, 15) is 4.79 Å². The van der Waals surface area contributed by atoms with Crippen LogP contribution in [0.2, 0.25) is 0 Å². The first-order valence-corrected chi connectivity index (χ1v) is 6.96. The Morgan fingerprint density at radius 3 is 2.76 bits per heavy atom. The molecular formula is C17H18N2O2. The van der Waals surface area contributed by atoms with E-state index in [1.165, 1.54) is 5.56 Å². The minimum absolute atomic E-state index is 0.0311. The number of ether oxygens (including phenoxy) is 1. The summed E-state index contributed by atoms with van der Waals surface area (Å²) in [7, 11) is 1.78. The molecule has 0 fully saturated rings. The molecule has 21 heavy (non-hydrogen) atoms. The Bertz CT molecular complexity index is 710. The lowest BCUT2D eigenvalue weighted by Gasteiger charge is -2.12. The highest BCUT2D eigenvalue weighted by molar-refractivity contribution is 6.02. The average molecular weight is 282 g/mol. The summed E-state index contributed by atoms with van der Waals surface area (Å²) in [5, 5.41) is 5.87. The van der Waals surface area contributed by atoms with E-state index in [1.807, 2.05) is 37.3 Å². The summed E-state index contributed by atoms with van der Waals surface area (Å²) in [6.07, 6.45) is 0. The summed E-state index contributed by atoms with van der Waals surface area (Å²) in [4.78, 5) is 11.8. The Labute approximate surface area is 124 Å². The van der Waals surface area contributed by atoms with Gasteiger partial charge in [0.1, 0.15) is 17.5 Å². The van der Waals surface area contributed by atoms with Crippen LogP contribution in [0, 0.1) is 13.8 Å². The van der Waals surface area contributed by atoms with Gasteiger partial charge in [0, 0.05) is 17.3 Å². The first kappa shape index (κ1) is 13.6. The molecule has 2 N–H and O–H groups in total. The van der Waals surface area contributed by atoms with Crippen molar-refractivity contribution in [2.45, 2.75) is 19.9 Å². The van der Waals surface area contributed by atoms with E-state index in [0.29, 0.717) is 0 Å². The molecule has 108 valence electrons. The number of amides is 1. The highest BCUT2D eigenvalue weighted by Crippen LogP contribution is 2.35. The maximum absolute atomic E-state index is 11.8. The van der Waals surface area contributed by atoms with E-state index in [2.05, 4.69) is 23.6 Å². The second kappa shape index (κ2) is 5.22. The number of rotatable bonds is 3. The van der Waals surface area contributed by atoms with Crippen molar-refractivity contribution in [3.05, 3.63) is 53.1 Å². The monoisotopic (exact) mass is 282 g/mol. The van der Waals surface area contributed by atoms with Crippen LogP contribution in [0.5, 0.6) is 11.5 Å². The summed E-state index contributed by atoms with van der Waals surface area (Å²) < 4.78 is 5.95. The first-order valence-electron chi connectivity index (χ1n) is 6.96. The van der Waals surface area contributed by atoms with Gasteiger partial charge in [0.2, 0.25) is 5.91 Å². The number of carbonyl (C=O) groups excluding carboxylic acids is 1. The smallest absolute Gasteiger partial charge is 0.246 e. The zero-order chi connectivity index (χ0) is 15.0. The van der Waals surface area contributed by atoms with E-state index >= 15 is 0 Å². The largest absolute Gasteiger partial charge is 0.457 e. The van der Waals surface area contributed by atoms with Gasteiger partial charge in [-0.05, 0) is 44.2 Å². The van der Waals surface area contributed by atoms with Gasteiger partial charge in [0.15, 0.2) is 0 Å². The molecule has 0 aliphatic carbocycles. The highest BCUT2D eigenvalue weighted by atomic mass is 16.5. The number of aryl methyl sites for hydroxylation is 1.